The minimum Gasteiger partial charge on any atom is -0.265 e. The number of hydrogen-bond acceptors (Lipinski definition) is 4. The first kappa shape index (κ1) is 11.5. The molecule has 0 aliphatic rings. The standard InChI is InChI=1S/C14H13N5/c1-9-7-12(8-10(2)16-9)14-17-13(18-19-14)11-3-5-15-6-4-11/h3-8H,1-2H3,(H,17,18,19). The lowest BCUT2D eigenvalue weighted by Gasteiger charge is -1.99. The molecule has 5 nitrogen and oxygen atoms in total. The van der Waals surface area contributed by atoms with Gasteiger partial charge in [0.25, 0.3) is 0 Å². The van der Waals surface area contributed by atoms with Crippen molar-refractivity contribution in [3.63, 3.8) is 0 Å². The molecule has 1 N–H and O–H groups in total. The van der Waals surface area contributed by atoms with Crippen LogP contribution in [-0.2, 0) is 0 Å². The minimum absolute atomic E-state index is 0.681. The molecule has 3 aromatic heterocycles. The van der Waals surface area contributed by atoms with E-state index in [-0.39, 0.29) is 0 Å². The van der Waals surface area contributed by atoms with Gasteiger partial charge in [-0.1, -0.05) is 0 Å². The second-order valence-electron chi connectivity index (χ2n) is 4.38. The van der Waals surface area contributed by atoms with Gasteiger partial charge in [0.05, 0.1) is 0 Å². The second-order valence-corrected chi connectivity index (χ2v) is 4.38. The van der Waals surface area contributed by atoms with Gasteiger partial charge >= 0.3 is 0 Å². The van der Waals surface area contributed by atoms with Crippen molar-refractivity contribution in [2.45, 2.75) is 13.8 Å². The fraction of sp³-hybridized carbons (Fsp3) is 0.143. The van der Waals surface area contributed by atoms with E-state index in [1.165, 1.54) is 0 Å². The molecule has 0 amide bonds. The first-order valence-electron chi connectivity index (χ1n) is 6.01. The van der Waals surface area contributed by atoms with Crippen LogP contribution in [-0.4, -0.2) is 25.1 Å². The molecule has 3 heterocycles. The Balaban J connectivity index is 2.02. The van der Waals surface area contributed by atoms with E-state index in [4.69, 9.17) is 0 Å². The van der Waals surface area contributed by atoms with Gasteiger partial charge in [-0.05, 0) is 38.1 Å². The van der Waals surface area contributed by atoms with Gasteiger partial charge in [-0.25, -0.2) is 4.98 Å². The fourth-order valence-electron chi connectivity index (χ4n) is 1.99. The zero-order valence-corrected chi connectivity index (χ0v) is 10.8. The predicted octanol–water partition coefficient (Wildman–Crippen LogP) is 2.55. The molecule has 3 aromatic rings. The molecule has 0 aliphatic heterocycles. The van der Waals surface area contributed by atoms with Crippen molar-refractivity contribution < 1.29 is 0 Å². The number of aromatic amines is 1. The normalized spacial score (nSPS) is 10.6. The summed E-state index contributed by atoms with van der Waals surface area (Å²) in [5.41, 5.74) is 3.87. The van der Waals surface area contributed by atoms with E-state index in [1.54, 1.807) is 12.4 Å². The van der Waals surface area contributed by atoms with E-state index in [0.717, 1.165) is 28.3 Å². The summed E-state index contributed by atoms with van der Waals surface area (Å²) in [6, 6.07) is 7.75. The third-order valence-electron chi connectivity index (χ3n) is 2.78. The van der Waals surface area contributed by atoms with Crippen LogP contribution in [0.3, 0.4) is 0 Å². The highest BCUT2D eigenvalue weighted by Crippen LogP contribution is 2.20. The Labute approximate surface area is 110 Å². The number of hydrogen-bond donors (Lipinski definition) is 1. The van der Waals surface area contributed by atoms with E-state index in [2.05, 4.69) is 25.1 Å². The van der Waals surface area contributed by atoms with Crippen LogP contribution in [0, 0.1) is 13.8 Å². The van der Waals surface area contributed by atoms with Gasteiger partial charge < -0.3 is 0 Å². The van der Waals surface area contributed by atoms with Crippen LogP contribution in [0.4, 0.5) is 0 Å². The Bertz CT molecular complexity index is 683. The number of nitrogens with one attached hydrogen (secondary N) is 1. The van der Waals surface area contributed by atoms with E-state index >= 15 is 0 Å². The van der Waals surface area contributed by atoms with E-state index in [1.807, 2.05) is 38.1 Å². The van der Waals surface area contributed by atoms with Gasteiger partial charge in [0, 0.05) is 34.9 Å². The lowest BCUT2D eigenvalue weighted by Crippen LogP contribution is -1.89. The van der Waals surface area contributed by atoms with Crippen LogP contribution >= 0.6 is 0 Å². The summed E-state index contributed by atoms with van der Waals surface area (Å²) in [6.45, 7) is 3.93. The van der Waals surface area contributed by atoms with Crippen LogP contribution < -0.4 is 0 Å². The Morgan fingerprint density at radius 2 is 1.58 bits per heavy atom. The molecule has 19 heavy (non-hydrogen) atoms. The third kappa shape index (κ3) is 2.35. The van der Waals surface area contributed by atoms with E-state index in [9.17, 15) is 0 Å². The average Bonchev–Trinajstić information content (AvgIpc) is 2.88. The molecule has 0 fully saturated rings. The summed E-state index contributed by atoms with van der Waals surface area (Å²) < 4.78 is 0. The quantitative estimate of drug-likeness (QED) is 0.760. The maximum atomic E-state index is 4.51. The molecule has 0 spiro atoms. The minimum atomic E-state index is 0.681. The number of pyridine rings is 2. The molecule has 5 heteroatoms. The average molecular weight is 251 g/mol. The van der Waals surface area contributed by atoms with Crippen molar-refractivity contribution in [1.29, 1.82) is 0 Å². The first-order valence-corrected chi connectivity index (χ1v) is 6.01. The molecule has 0 aliphatic carbocycles. The second kappa shape index (κ2) is 4.61. The summed E-state index contributed by atoms with van der Waals surface area (Å²) in [7, 11) is 0. The number of H-pyrrole nitrogens is 1. The predicted molar refractivity (Wildman–Crippen MR) is 72.3 cm³/mol. The van der Waals surface area contributed by atoms with Crippen molar-refractivity contribution in [3.8, 4) is 22.8 Å². The Morgan fingerprint density at radius 3 is 2.26 bits per heavy atom. The van der Waals surface area contributed by atoms with Crippen molar-refractivity contribution in [2.75, 3.05) is 0 Å². The maximum Gasteiger partial charge on any atom is 0.181 e. The summed E-state index contributed by atoms with van der Waals surface area (Å²) in [6.07, 6.45) is 3.47. The Kier molecular flexibility index (Phi) is 2.79. The summed E-state index contributed by atoms with van der Waals surface area (Å²) >= 11 is 0. The zero-order valence-electron chi connectivity index (χ0n) is 10.8. The van der Waals surface area contributed by atoms with Crippen molar-refractivity contribution in [2.24, 2.45) is 0 Å². The van der Waals surface area contributed by atoms with Crippen molar-refractivity contribution in [3.05, 3.63) is 48.0 Å². The lowest BCUT2D eigenvalue weighted by atomic mass is 10.2. The SMILES string of the molecule is Cc1cc(-c2n[nH]c(-c3ccncc3)n2)cc(C)n1. The molecular weight excluding hydrogens is 238 g/mol. The lowest BCUT2D eigenvalue weighted by molar-refractivity contribution is 1.08. The third-order valence-corrected chi connectivity index (χ3v) is 2.78. The van der Waals surface area contributed by atoms with Gasteiger partial charge in [-0.3, -0.25) is 15.1 Å². The highest BCUT2D eigenvalue weighted by molar-refractivity contribution is 5.61. The highest BCUT2D eigenvalue weighted by atomic mass is 15.2. The maximum absolute atomic E-state index is 4.51. The Morgan fingerprint density at radius 1 is 0.895 bits per heavy atom. The molecule has 0 saturated carbocycles. The summed E-state index contributed by atoms with van der Waals surface area (Å²) in [4.78, 5) is 12.9. The van der Waals surface area contributed by atoms with Gasteiger partial charge in [0.2, 0.25) is 0 Å². The van der Waals surface area contributed by atoms with Gasteiger partial charge in [0.1, 0.15) is 0 Å². The van der Waals surface area contributed by atoms with Crippen LogP contribution in [0.25, 0.3) is 22.8 Å². The number of nitrogens with zero attached hydrogens (tertiary/aromatic N) is 4. The van der Waals surface area contributed by atoms with Gasteiger partial charge in [-0.15, -0.1) is 0 Å². The first-order chi connectivity index (χ1) is 9.22. The largest absolute Gasteiger partial charge is 0.265 e. The van der Waals surface area contributed by atoms with Crippen LogP contribution in [0.5, 0.6) is 0 Å². The van der Waals surface area contributed by atoms with Crippen molar-refractivity contribution >= 4 is 0 Å². The molecule has 0 saturated heterocycles. The van der Waals surface area contributed by atoms with Crippen LogP contribution in [0.15, 0.2) is 36.7 Å². The van der Waals surface area contributed by atoms with Gasteiger partial charge in [0.15, 0.2) is 11.6 Å². The fourth-order valence-corrected chi connectivity index (χ4v) is 1.99. The molecule has 0 unspecified atom stereocenters. The topological polar surface area (TPSA) is 67.3 Å². The van der Waals surface area contributed by atoms with E-state index in [0.29, 0.717) is 5.82 Å². The molecular formula is C14H13N5. The number of rotatable bonds is 2. The monoisotopic (exact) mass is 251 g/mol. The number of aryl methyl sites for hydroxylation is 2. The highest BCUT2D eigenvalue weighted by Gasteiger charge is 2.08. The molecule has 0 radical (unpaired) electrons. The summed E-state index contributed by atoms with van der Waals surface area (Å²) in [5.74, 6) is 1.42. The molecule has 3 rings (SSSR count). The van der Waals surface area contributed by atoms with Gasteiger partial charge in [-0.2, -0.15) is 5.10 Å². The molecule has 0 bridgehead atoms. The smallest absolute Gasteiger partial charge is 0.181 e. The molecule has 94 valence electrons. The van der Waals surface area contributed by atoms with Crippen molar-refractivity contribution in [1.82, 2.24) is 25.1 Å². The molecule has 0 atom stereocenters. The van der Waals surface area contributed by atoms with Crippen LogP contribution in [0.1, 0.15) is 11.4 Å². The van der Waals surface area contributed by atoms with Crippen LogP contribution in [0.2, 0.25) is 0 Å². The molecule has 0 aromatic carbocycles. The Hall–Kier alpha value is -2.56. The number of aromatic nitrogens is 5. The summed E-state index contributed by atoms with van der Waals surface area (Å²) in [5, 5.41) is 7.21. The zero-order chi connectivity index (χ0) is 13.2. The van der Waals surface area contributed by atoms with E-state index < -0.39 is 0 Å².